The maximum atomic E-state index is 12.6. The minimum Gasteiger partial charge on any atom is -0.447 e. The van der Waals surface area contributed by atoms with Crippen LogP contribution in [0.4, 0.5) is 10.5 Å². The molecule has 0 saturated heterocycles. The highest BCUT2D eigenvalue weighted by molar-refractivity contribution is 5.87. The van der Waals surface area contributed by atoms with Crippen molar-refractivity contribution >= 4 is 11.8 Å². The molecule has 3 rings (SSSR count). The van der Waals surface area contributed by atoms with Crippen LogP contribution in [-0.4, -0.2) is 22.3 Å². The van der Waals surface area contributed by atoms with Gasteiger partial charge in [-0.25, -0.2) is 9.78 Å². The minimum atomic E-state index is -0.356. The van der Waals surface area contributed by atoms with Crippen LogP contribution in [0.1, 0.15) is 5.56 Å². The number of amides is 1. The van der Waals surface area contributed by atoms with Gasteiger partial charge in [-0.2, -0.15) is 0 Å². The van der Waals surface area contributed by atoms with Gasteiger partial charge in [0.05, 0.1) is 19.4 Å². The van der Waals surface area contributed by atoms with Gasteiger partial charge in [-0.15, -0.1) is 0 Å². The Morgan fingerprint density at radius 1 is 1.04 bits per heavy atom. The zero-order valence-electron chi connectivity index (χ0n) is 13.3. The van der Waals surface area contributed by atoms with Crippen LogP contribution in [0.2, 0.25) is 0 Å². The lowest BCUT2D eigenvalue weighted by Crippen LogP contribution is -2.31. The molecule has 5 nitrogen and oxygen atoms in total. The first-order valence-electron chi connectivity index (χ1n) is 7.82. The zero-order valence-corrected chi connectivity index (χ0v) is 13.3. The van der Waals surface area contributed by atoms with Crippen molar-refractivity contribution in [1.29, 1.82) is 0 Å². The first-order valence-corrected chi connectivity index (χ1v) is 7.82. The normalized spacial score (nSPS) is 10.3. The van der Waals surface area contributed by atoms with Crippen molar-refractivity contribution in [3.05, 3.63) is 84.9 Å². The molecule has 0 unspecified atom stereocenters. The Balaban J connectivity index is 1.68. The molecule has 122 valence electrons. The number of ether oxygens (including phenoxy) is 1. The van der Waals surface area contributed by atoms with Crippen molar-refractivity contribution in [3.8, 4) is 0 Å². The summed E-state index contributed by atoms with van der Waals surface area (Å²) in [7, 11) is 0. The van der Waals surface area contributed by atoms with Gasteiger partial charge in [-0.1, -0.05) is 48.5 Å². The van der Waals surface area contributed by atoms with Crippen molar-refractivity contribution in [1.82, 2.24) is 9.55 Å². The molecule has 24 heavy (non-hydrogen) atoms. The van der Waals surface area contributed by atoms with E-state index in [4.69, 9.17) is 4.74 Å². The summed E-state index contributed by atoms with van der Waals surface area (Å²) >= 11 is 0. The molecule has 0 aliphatic carbocycles. The summed E-state index contributed by atoms with van der Waals surface area (Å²) in [6.45, 7) is 1.35. The van der Waals surface area contributed by atoms with E-state index in [1.54, 1.807) is 17.4 Å². The van der Waals surface area contributed by atoms with Crippen LogP contribution in [0.25, 0.3) is 0 Å². The Kier molecular flexibility index (Phi) is 5.24. The number of nitrogens with zero attached hydrogens (tertiary/aromatic N) is 3. The smallest absolute Gasteiger partial charge is 0.414 e. The molecule has 0 N–H and O–H groups in total. The van der Waals surface area contributed by atoms with Crippen LogP contribution in [-0.2, 0) is 17.8 Å². The molecule has 2 aromatic carbocycles. The molecule has 0 saturated carbocycles. The molecular formula is C19H19N3O2. The molecular weight excluding hydrogens is 302 g/mol. The fraction of sp³-hybridized carbons (Fsp3) is 0.158. The predicted molar refractivity (Wildman–Crippen MR) is 92.6 cm³/mol. The van der Waals surface area contributed by atoms with Gasteiger partial charge in [0.2, 0.25) is 0 Å². The summed E-state index contributed by atoms with van der Waals surface area (Å²) in [6.07, 6.45) is 4.89. The molecule has 0 aliphatic rings. The SMILES string of the molecule is O=C(OCCn1ccnc1)N(Cc1ccccc1)c1ccccc1. The van der Waals surface area contributed by atoms with Crippen LogP contribution >= 0.6 is 0 Å². The quantitative estimate of drug-likeness (QED) is 0.695. The Hall–Kier alpha value is -3.08. The molecule has 1 aromatic heterocycles. The first-order chi connectivity index (χ1) is 11.8. The average Bonchev–Trinajstić information content (AvgIpc) is 3.15. The molecule has 0 bridgehead atoms. The highest BCUT2D eigenvalue weighted by atomic mass is 16.6. The van der Waals surface area contributed by atoms with Gasteiger partial charge in [0.25, 0.3) is 0 Å². The number of imidazole rings is 1. The largest absolute Gasteiger partial charge is 0.447 e. The van der Waals surface area contributed by atoms with Crippen molar-refractivity contribution in [2.45, 2.75) is 13.1 Å². The number of carbonyl (C=O) groups is 1. The van der Waals surface area contributed by atoms with E-state index < -0.39 is 0 Å². The Morgan fingerprint density at radius 3 is 2.42 bits per heavy atom. The average molecular weight is 321 g/mol. The standard InChI is InChI=1S/C19H19N3O2/c23-19(24-14-13-21-12-11-20-16-21)22(18-9-5-2-6-10-18)15-17-7-3-1-4-8-17/h1-12,16H,13-15H2. The topological polar surface area (TPSA) is 47.4 Å². The summed E-state index contributed by atoms with van der Waals surface area (Å²) in [5, 5.41) is 0. The van der Waals surface area contributed by atoms with E-state index in [0.29, 0.717) is 19.7 Å². The van der Waals surface area contributed by atoms with Gasteiger partial charge < -0.3 is 9.30 Å². The predicted octanol–water partition coefficient (Wildman–Crippen LogP) is 3.73. The zero-order chi connectivity index (χ0) is 16.6. The maximum Gasteiger partial charge on any atom is 0.414 e. The molecule has 0 spiro atoms. The third-order valence-electron chi connectivity index (χ3n) is 3.61. The van der Waals surface area contributed by atoms with E-state index >= 15 is 0 Å². The third-order valence-corrected chi connectivity index (χ3v) is 3.61. The first kappa shape index (κ1) is 15.8. The molecule has 1 amide bonds. The molecule has 0 aliphatic heterocycles. The molecule has 1 heterocycles. The highest BCUT2D eigenvalue weighted by Crippen LogP contribution is 2.18. The minimum absolute atomic E-state index is 0.299. The second kappa shape index (κ2) is 7.97. The van der Waals surface area contributed by atoms with Crippen LogP contribution in [0, 0.1) is 0 Å². The van der Waals surface area contributed by atoms with Crippen LogP contribution in [0.15, 0.2) is 79.4 Å². The van der Waals surface area contributed by atoms with E-state index in [9.17, 15) is 4.79 Å². The van der Waals surface area contributed by atoms with E-state index in [2.05, 4.69) is 4.98 Å². The second-order valence-electron chi connectivity index (χ2n) is 5.32. The van der Waals surface area contributed by atoms with Crippen molar-refractivity contribution < 1.29 is 9.53 Å². The molecule has 5 heteroatoms. The summed E-state index contributed by atoms with van der Waals surface area (Å²) in [5.74, 6) is 0. The lowest BCUT2D eigenvalue weighted by atomic mass is 10.2. The lowest BCUT2D eigenvalue weighted by Gasteiger charge is -2.22. The Labute approximate surface area is 141 Å². The van der Waals surface area contributed by atoms with E-state index in [1.807, 2.05) is 71.4 Å². The van der Waals surface area contributed by atoms with Crippen LogP contribution in [0.3, 0.4) is 0 Å². The molecule has 3 aromatic rings. The number of rotatable bonds is 6. The molecule has 0 fully saturated rings. The van der Waals surface area contributed by atoms with Gasteiger partial charge in [0, 0.05) is 18.1 Å². The summed E-state index contributed by atoms with van der Waals surface area (Å²) < 4.78 is 7.31. The second-order valence-corrected chi connectivity index (χ2v) is 5.32. The Morgan fingerprint density at radius 2 is 1.75 bits per heavy atom. The number of para-hydroxylation sites is 1. The Bertz CT molecular complexity index is 743. The van der Waals surface area contributed by atoms with E-state index in [0.717, 1.165) is 11.3 Å². The van der Waals surface area contributed by atoms with Crippen molar-refractivity contribution in [2.24, 2.45) is 0 Å². The summed E-state index contributed by atoms with van der Waals surface area (Å²) in [4.78, 5) is 18.2. The number of aromatic nitrogens is 2. The van der Waals surface area contributed by atoms with Gasteiger partial charge in [-0.3, -0.25) is 4.90 Å². The summed E-state index contributed by atoms with van der Waals surface area (Å²) in [6, 6.07) is 19.4. The van der Waals surface area contributed by atoms with Crippen molar-refractivity contribution in [3.63, 3.8) is 0 Å². The van der Waals surface area contributed by atoms with Crippen LogP contribution in [0.5, 0.6) is 0 Å². The number of anilines is 1. The fourth-order valence-electron chi connectivity index (χ4n) is 2.37. The van der Waals surface area contributed by atoms with Gasteiger partial charge >= 0.3 is 6.09 Å². The number of benzene rings is 2. The summed E-state index contributed by atoms with van der Waals surface area (Å²) in [5.41, 5.74) is 1.86. The monoisotopic (exact) mass is 321 g/mol. The number of hydrogen-bond donors (Lipinski definition) is 0. The van der Waals surface area contributed by atoms with Gasteiger partial charge in [-0.05, 0) is 17.7 Å². The highest BCUT2D eigenvalue weighted by Gasteiger charge is 2.17. The third kappa shape index (κ3) is 4.23. The number of carbonyl (C=O) groups excluding carboxylic acids is 1. The number of hydrogen-bond acceptors (Lipinski definition) is 3. The van der Waals surface area contributed by atoms with Gasteiger partial charge in [0.15, 0.2) is 0 Å². The molecule has 0 atom stereocenters. The van der Waals surface area contributed by atoms with E-state index in [-0.39, 0.29) is 6.09 Å². The fourth-order valence-corrected chi connectivity index (χ4v) is 2.37. The van der Waals surface area contributed by atoms with Crippen LogP contribution < -0.4 is 4.90 Å². The maximum absolute atomic E-state index is 12.6. The lowest BCUT2D eigenvalue weighted by molar-refractivity contribution is 0.149. The van der Waals surface area contributed by atoms with Gasteiger partial charge in [0.1, 0.15) is 6.61 Å². The van der Waals surface area contributed by atoms with E-state index in [1.165, 1.54) is 0 Å². The molecule has 0 radical (unpaired) electrons. The van der Waals surface area contributed by atoms with Crippen molar-refractivity contribution in [2.75, 3.05) is 11.5 Å².